The van der Waals surface area contributed by atoms with E-state index in [9.17, 15) is 14.4 Å². The number of rotatable bonds is 0. The summed E-state index contributed by atoms with van der Waals surface area (Å²) in [5, 5.41) is 0. The summed E-state index contributed by atoms with van der Waals surface area (Å²) in [5.74, 6) is -2.89. The number of hydrogen-bond donors (Lipinski definition) is 0. The molecule has 5 heteroatoms. The summed E-state index contributed by atoms with van der Waals surface area (Å²) in [6.45, 7) is 3.56. The van der Waals surface area contributed by atoms with Crippen LogP contribution in [0.2, 0.25) is 0 Å². The molecule has 2 heterocycles. The summed E-state index contributed by atoms with van der Waals surface area (Å²) in [4.78, 5) is 34.0. The molecular weight excluding hydrogens is 200 g/mol. The molecular formula is C10H8O5. The van der Waals surface area contributed by atoms with Crippen LogP contribution in [0.15, 0.2) is 12.3 Å². The molecule has 78 valence electrons. The number of fused-ring (bicyclic) bond motifs is 4. The maximum absolute atomic E-state index is 11.5. The summed E-state index contributed by atoms with van der Waals surface area (Å²) in [7, 11) is 0. The molecule has 0 radical (unpaired) electrons. The van der Waals surface area contributed by atoms with E-state index in [1.807, 2.05) is 0 Å². The van der Waals surface area contributed by atoms with Crippen molar-refractivity contribution in [3.05, 3.63) is 12.3 Å². The van der Waals surface area contributed by atoms with Crippen LogP contribution in [0.3, 0.4) is 0 Å². The lowest BCUT2D eigenvalue weighted by Gasteiger charge is -2.45. The Kier molecular flexibility index (Phi) is 1.43. The summed E-state index contributed by atoms with van der Waals surface area (Å²) < 4.78 is 9.37. The molecule has 2 saturated heterocycles. The minimum atomic E-state index is -0.608. The highest BCUT2D eigenvalue weighted by atomic mass is 16.6. The van der Waals surface area contributed by atoms with Crippen molar-refractivity contribution in [1.29, 1.82) is 0 Å². The summed E-state index contributed by atoms with van der Waals surface area (Å²) in [5.41, 5.74) is 0. The smallest absolute Gasteiger partial charge is 0.318 e. The predicted molar refractivity (Wildman–Crippen MR) is 44.9 cm³/mol. The van der Waals surface area contributed by atoms with Gasteiger partial charge < -0.3 is 9.47 Å². The molecule has 2 aliphatic heterocycles. The van der Waals surface area contributed by atoms with Crippen molar-refractivity contribution in [2.75, 3.05) is 0 Å². The van der Waals surface area contributed by atoms with Crippen molar-refractivity contribution in [3.8, 4) is 0 Å². The van der Waals surface area contributed by atoms with Crippen LogP contribution in [-0.4, -0.2) is 17.9 Å². The first-order valence-electron chi connectivity index (χ1n) is 4.74. The Labute approximate surface area is 85.0 Å². The molecule has 3 fully saturated rings. The highest BCUT2D eigenvalue weighted by molar-refractivity contribution is 6.02. The van der Waals surface area contributed by atoms with Gasteiger partial charge in [0.15, 0.2) is 0 Å². The van der Waals surface area contributed by atoms with E-state index in [4.69, 9.17) is 4.74 Å². The van der Waals surface area contributed by atoms with Gasteiger partial charge >= 0.3 is 17.9 Å². The van der Waals surface area contributed by atoms with Gasteiger partial charge in [-0.2, -0.15) is 0 Å². The lowest BCUT2D eigenvalue weighted by molar-refractivity contribution is -0.172. The van der Waals surface area contributed by atoms with Gasteiger partial charge in [0, 0.05) is 6.42 Å². The number of hydrogen-bond acceptors (Lipinski definition) is 5. The van der Waals surface area contributed by atoms with Crippen LogP contribution in [0.5, 0.6) is 0 Å². The average Bonchev–Trinajstić information content (AvgIpc) is 2.31. The Morgan fingerprint density at radius 2 is 1.47 bits per heavy atom. The average molecular weight is 208 g/mol. The third-order valence-electron chi connectivity index (χ3n) is 3.42. The van der Waals surface area contributed by atoms with E-state index < -0.39 is 35.7 Å². The first-order chi connectivity index (χ1) is 7.09. The summed E-state index contributed by atoms with van der Waals surface area (Å²) in [6.07, 6.45) is 0.458. The van der Waals surface area contributed by atoms with E-state index >= 15 is 0 Å². The summed E-state index contributed by atoms with van der Waals surface area (Å²) >= 11 is 0. The first kappa shape index (κ1) is 8.64. The van der Waals surface area contributed by atoms with Crippen LogP contribution in [0.1, 0.15) is 6.42 Å². The van der Waals surface area contributed by atoms with Crippen molar-refractivity contribution >= 4 is 17.9 Å². The maximum atomic E-state index is 11.5. The molecule has 4 atom stereocenters. The van der Waals surface area contributed by atoms with E-state index in [0.717, 1.165) is 0 Å². The minimum Gasteiger partial charge on any atom is -0.431 e. The SMILES string of the molecule is C=C1CC2C(C(=O)O1)C1C(=O)OC(=O)C21. The van der Waals surface area contributed by atoms with Gasteiger partial charge in [0.25, 0.3) is 0 Å². The van der Waals surface area contributed by atoms with E-state index in [1.54, 1.807) is 0 Å². The van der Waals surface area contributed by atoms with Gasteiger partial charge in [-0.1, -0.05) is 6.58 Å². The fraction of sp³-hybridized carbons (Fsp3) is 0.500. The molecule has 0 spiro atoms. The molecule has 15 heavy (non-hydrogen) atoms. The predicted octanol–water partition coefficient (Wildman–Crippen LogP) is 0.00880. The van der Waals surface area contributed by atoms with Gasteiger partial charge in [-0.25, -0.2) is 0 Å². The standard InChI is InChI=1S/C10H8O5/c1-3-2-4-5(8(11)14-3)7-6(4)9(12)15-10(7)13/h4-7H,1-2H2. The van der Waals surface area contributed by atoms with E-state index in [1.165, 1.54) is 0 Å². The molecule has 4 unspecified atom stereocenters. The fourth-order valence-corrected chi connectivity index (χ4v) is 2.77. The lowest BCUT2D eigenvalue weighted by atomic mass is 9.55. The molecule has 0 amide bonds. The second-order valence-corrected chi connectivity index (χ2v) is 4.15. The molecule has 0 aromatic carbocycles. The Balaban J connectivity index is 1.95. The lowest BCUT2D eigenvalue weighted by Crippen LogP contribution is -2.55. The van der Waals surface area contributed by atoms with E-state index in [-0.39, 0.29) is 5.92 Å². The molecule has 5 nitrogen and oxygen atoms in total. The van der Waals surface area contributed by atoms with Crippen LogP contribution >= 0.6 is 0 Å². The van der Waals surface area contributed by atoms with Crippen molar-refractivity contribution in [3.63, 3.8) is 0 Å². The Hall–Kier alpha value is -1.65. The van der Waals surface area contributed by atoms with Crippen molar-refractivity contribution < 1.29 is 23.9 Å². The zero-order valence-electron chi connectivity index (χ0n) is 7.76. The Morgan fingerprint density at radius 1 is 0.933 bits per heavy atom. The molecule has 0 N–H and O–H groups in total. The van der Waals surface area contributed by atoms with Crippen molar-refractivity contribution in [2.24, 2.45) is 23.7 Å². The molecule has 1 aliphatic carbocycles. The van der Waals surface area contributed by atoms with Gasteiger partial charge in [0.2, 0.25) is 0 Å². The van der Waals surface area contributed by atoms with Gasteiger partial charge in [0.05, 0.1) is 17.8 Å². The largest absolute Gasteiger partial charge is 0.431 e. The van der Waals surface area contributed by atoms with E-state index in [2.05, 4.69) is 11.3 Å². The summed E-state index contributed by atoms with van der Waals surface area (Å²) in [6, 6.07) is 0. The number of carbonyl (C=O) groups is 3. The highest BCUT2D eigenvalue weighted by Crippen LogP contribution is 2.55. The normalized spacial score (nSPS) is 42.7. The number of cyclic esters (lactones) is 3. The number of esters is 3. The monoisotopic (exact) mass is 208 g/mol. The van der Waals surface area contributed by atoms with Gasteiger partial charge in [0.1, 0.15) is 5.76 Å². The molecule has 3 aliphatic rings. The second kappa shape index (κ2) is 2.48. The highest BCUT2D eigenvalue weighted by Gasteiger charge is 2.67. The molecule has 3 rings (SSSR count). The van der Waals surface area contributed by atoms with Crippen LogP contribution in [-0.2, 0) is 23.9 Å². The van der Waals surface area contributed by atoms with Crippen molar-refractivity contribution in [2.45, 2.75) is 6.42 Å². The maximum Gasteiger partial charge on any atom is 0.318 e. The van der Waals surface area contributed by atoms with Crippen LogP contribution < -0.4 is 0 Å². The van der Waals surface area contributed by atoms with Gasteiger partial charge in [-0.05, 0) is 5.92 Å². The van der Waals surface area contributed by atoms with Crippen LogP contribution in [0.4, 0.5) is 0 Å². The van der Waals surface area contributed by atoms with E-state index in [0.29, 0.717) is 12.2 Å². The Morgan fingerprint density at radius 3 is 2.13 bits per heavy atom. The number of ether oxygens (including phenoxy) is 2. The number of carbonyl (C=O) groups excluding carboxylic acids is 3. The molecule has 0 bridgehead atoms. The zero-order chi connectivity index (χ0) is 10.7. The fourth-order valence-electron chi connectivity index (χ4n) is 2.77. The third-order valence-corrected chi connectivity index (χ3v) is 3.42. The Bertz CT molecular complexity index is 410. The van der Waals surface area contributed by atoms with Gasteiger partial charge in [-0.3, -0.25) is 14.4 Å². The minimum absolute atomic E-state index is 0.150. The van der Waals surface area contributed by atoms with Crippen LogP contribution in [0.25, 0.3) is 0 Å². The number of allylic oxidation sites excluding steroid dienone is 1. The van der Waals surface area contributed by atoms with Crippen LogP contribution in [0, 0.1) is 23.7 Å². The quantitative estimate of drug-likeness (QED) is 0.414. The molecule has 0 aromatic rings. The zero-order valence-corrected chi connectivity index (χ0v) is 7.76. The third kappa shape index (κ3) is 0.900. The van der Waals surface area contributed by atoms with Crippen molar-refractivity contribution in [1.82, 2.24) is 0 Å². The molecule has 1 saturated carbocycles. The second-order valence-electron chi connectivity index (χ2n) is 4.15. The topological polar surface area (TPSA) is 69.7 Å². The first-order valence-corrected chi connectivity index (χ1v) is 4.74. The molecule has 0 aromatic heterocycles. The van der Waals surface area contributed by atoms with Gasteiger partial charge in [-0.15, -0.1) is 0 Å².